The maximum atomic E-state index is 12.7. The van der Waals surface area contributed by atoms with Crippen LogP contribution in [0.5, 0.6) is 0 Å². The van der Waals surface area contributed by atoms with Gasteiger partial charge in [0.05, 0.1) is 4.92 Å². The van der Waals surface area contributed by atoms with Gasteiger partial charge in [-0.1, -0.05) is 0 Å². The first kappa shape index (κ1) is 14.3. The molecule has 0 saturated carbocycles. The number of rotatable bonds is 3. The molecule has 2 fully saturated rings. The Kier molecular flexibility index (Phi) is 3.86. The number of nitro groups is 1. The van der Waals surface area contributed by atoms with Crippen molar-refractivity contribution < 1.29 is 9.72 Å². The Morgan fingerprint density at radius 2 is 2.05 bits per heavy atom. The minimum Gasteiger partial charge on any atom is -0.338 e. The lowest BCUT2D eigenvalue weighted by Crippen LogP contribution is -2.32. The molecule has 2 saturated heterocycles. The molecule has 0 spiro atoms. The number of nitrogens with zero attached hydrogens (tertiary/aromatic N) is 2. The van der Waals surface area contributed by atoms with Crippen molar-refractivity contribution >= 4 is 23.4 Å². The minimum atomic E-state index is -0.476. The first-order chi connectivity index (χ1) is 10.1. The molecule has 6 nitrogen and oxygen atoms in total. The highest BCUT2D eigenvalue weighted by atomic mass is 32.2. The van der Waals surface area contributed by atoms with Gasteiger partial charge in [-0.05, 0) is 30.2 Å². The summed E-state index contributed by atoms with van der Waals surface area (Å²) in [4.78, 5) is 26.0. The maximum absolute atomic E-state index is 12.7. The number of likely N-dealkylation sites (tertiary alicyclic amines) is 1. The van der Waals surface area contributed by atoms with Gasteiger partial charge in [0.25, 0.3) is 11.6 Å². The summed E-state index contributed by atoms with van der Waals surface area (Å²) < 4.78 is 0. The summed E-state index contributed by atoms with van der Waals surface area (Å²) in [5.74, 6) is 0.750. The third-order valence-electron chi connectivity index (χ3n) is 4.31. The topological polar surface area (TPSA) is 75.5 Å². The number of carbonyl (C=O) groups is 1. The van der Waals surface area contributed by atoms with Gasteiger partial charge in [0, 0.05) is 37.1 Å². The Labute approximate surface area is 127 Å². The summed E-state index contributed by atoms with van der Waals surface area (Å²) in [6, 6.07) is 4.75. The van der Waals surface area contributed by atoms with E-state index >= 15 is 0 Å². The number of thioether (sulfide) groups is 1. The zero-order chi connectivity index (χ0) is 15.0. The molecule has 7 heteroatoms. The molecular weight excluding hydrogens is 290 g/mol. The summed E-state index contributed by atoms with van der Waals surface area (Å²) in [6.07, 6.45) is 1.89. The summed E-state index contributed by atoms with van der Waals surface area (Å²) in [6.45, 7) is 3.25. The summed E-state index contributed by atoms with van der Waals surface area (Å²) in [7, 11) is 0. The van der Waals surface area contributed by atoms with E-state index in [9.17, 15) is 14.9 Å². The molecule has 3 rings (SSSR count). The standard InChI is InChI=1S/C14H17N3O3S/c1-21-11-2-3-13(17(19)20)12(4-11)14(18)16-7-9-5-15-6-10(9)8-16/h2-4,9-10,15H,5-8H2,1H3/t9-,10+. The summed E-state index contributed by atoms with van der Waals surface area (Å²) in [5, 5.41) is 14.5. The van der Waals surface area contributed by atoms with E-state index in [-0.39, 0.29) is 17.2 Å². The first-order valence-electron chi connectivity index (χ1n) is 6.92. The molecule has 112 valence electrons. The molecule has 1 aromatic rings. The van der Waals surface area contributed by atoms with Crippen molar-refractivity contribution in [1.29, 1.82) is 0 Å². The normalized spacial score (nSPS) is 24.1. The second-order valence-electron chi connectivity index (χ2n) is 5.53. The SMILES string of the molecule is CSc1ccc([N+](=O)[O-])c(C(=O)N2C[C@H]3CNC[C@H]3C2)c1. The van der Waals surface area contributed by atoms with Gasteiger partial charge in [0.2, 0.25) is 0 Å². The molecule has 2 aliphatic rings. The molecule has 2 aliphatic heterocycles. The number of amides is 1. The van der Waals surface area contributed by atoms with Crippen molar-refractivity contribution in [3.63, 3.8) is 0 Å². The lowest BCUT2D eigenvalue weighted by atomic mass is 10.0. The Bertz CT molecular complexity index is 581. The fraction of sp³-hybridized carbons (Fsp3) is 0.500. The first-order valence-corrected chi connectivity index (χ1v) is 8.15. The van der Waals surface area contributed by atoms with Gasteiger partial charge in [-0.25, -0.2) is 0 Å². The molecule has 2 heterocycles. The molecule has 1 aromatic carbocycles. The van der Waals surface area contributed by atoms with Gasteiger partial charge in [-0.3, -0.25) is 14.9 Å². The van der Waals surface area contributed by atoms with Crippen LogP contribution >= 0.6 is 11.8 Å². The van der Waals surface area contributed by atoms with Crippen LogP contribution in [0.2, 0.25) is 0 Å². The van der Waals surface area contributed by atoms with E-state index in [2.05, 4.69) is 5.32 Å². The molecule has 21 heavy (non-hydrogen) atoms. The molecule has 1 amide bonds. The molecule has 0 aliphatic carbocycles. The highest BCUT2D eigenvalue weighted by molar-refractivity contribution is 7.98. The van der Waals surface area contributed by atoms with Gasteiger partial charge in [0.15, 0.2) is 0 Å². The van der Waals surface area contributed by atoms with Crippen LogP contribution in [0.1, 0.15) is 10.4 Å². The number of carbonyl (C=O) groups excluding carboxylic acids is 1. The van der Waals surface area contributed by atoms with Crippen LogP contribution in [0.15, 0.2) is 23.1 Å². The van der Waals surface area contributed by atoms with E-state index < -0.39 is 4.92 Å². The fourth-order valence-electron chi connectivity index (χ4n) is 3.16. The van der Waals surface area contributed by atoms with Crippen LogP contribution < -0.4 is 5.32 Å². The predicted octanol–water partition coefficient (Wildman–Crippen LogP) is 1.61. The minimum absolute atomic E-state index is 0.104. The molecular formula is C14H17N3O3S. The quantitative estimate of drug-likeness (QED) is 0.521. The number of fused-ring (bicyclic) bond motifs is 1. The molecule has 0 bridgehead atoms. The lowest BCUT2D eigenvalue weighted by Gasteiger charge is -2.17. The van der Waals surface area contributed by atoms with Crippen molar-refractivity contribution in [1.82, 2.24) is 10.2 Å². The Balaban J connectivity index is 1.88. The van der Waals surface area contributed by atoms with Gasteiger partial charge < -0.3 is 10.2 Å². The zero-order valence-electron chi connectivity index (χ0n) is 11.7. The van der Waals surface area contributed by atoms with Crippen LogP contribution in [0.4, 0.5) is 5.69 Å². The Hall–Kier alpha value is -1.60. The lowest BCUT2D eigenvalue weighted by molar-refractivity contribution is -0.385. The fourth-order valence-corrected chi connectivity index (χ4v) is 3.60. The molecule has 0 unspecified atom stereocenters. The average molecular weight is 307 g/mol. The van der Waals surface area contributed by atoms with E-state index in [0.717, 1.165) is 18.0 Å². The van der Waals surface area contributed by atoms with Crippen LogP contribution in [-0.2, 0) is 0 Å². The van der Waals surface area contributed by atoms with Crippen molar-refractivity contribution in [2.75, 3.05) is 32.4 Å². The highest BCUT2D eigenvalue weighted by Gasteiger charge is 2.39. The summed E-state index contributed by atoms with van der Waals surface area (Å²) in [5.41, 5.74) is 0.104. The van der Waals surface area contributed by atoms with E-state index in [4.69, 9.17) is 0 Å². The number of benzene rings is 1. The molecule has 0 radical (unpaired) electrons. The number of hydrogen-bond acceptors (Lipinski definition) is 5. The van der Waals surface area contributed by atoms with Crippen LogP contribution in [-0.4, -0.2) is 48.2 Å². The second kappa shape index (κ2) is 5.65. The number of nitro benzene ring substituents is 1. The van der Waals surface area contributed by atoms with Crippen molar-refractivity contribution in [3.8, 4) is 0 Å². The van der Waals surface area contributed by atoms with Crippen LogP contribution in [0.3, 0.4) is 0 Å². The Morgan fingerprint density at radius 1 is 1.38 bits per heavy atom. The predicted molar refractivity (Wildman–Crippen MR) is 80.6 cm³/mol. The molecule has 0 aromatic heterocycles. The highest BCUT2D eigenvalue weighted by Crippen LogP contribution is 2.31. The molecule has 2 atom stereocenters. The molecule has 1 N–H and O–H groups in total. The average Bonchev–Trinajstić information content (AvgIpc) is 3.06. The second-order valence-corrected chi connectivity index (χ2v) is 6.41. The van der Waals surface area contributed by atoms with Gasteiger partial charge in [-0.2, -0.15) is 0 Å². The zero-order valence-corrected chi connectivity index (χ0v) is 12.6. The van der Waals surface area contributed by atoms with Gasteiger partial charge in [0.1, 0.15) is 5.56 Å². The third-order valence-corrected chi connectivity index (χ3v) is 5.03. The maximum Gasteiger partial charge on any atom is 0.282 e. The van der Waals surface area contributed by atoms with Crippen molar-refractivity contribution in [3.05, 3.63) is 33.9 Å². The van der Waals surface area contributed by atoms with Gasteiger partial charge >= 0.3 is 0 Å². The van der Waals surface area contributed by atoms with E-state index in [1.807, 2.05) is 6.26 Å². The van der Waals surface area contributed by atoms with E-state index in [1.165, 1.54) is 17.8 Å². The van der Waals surface area contributed by atoms with Gasteiger partial charge in [-0.15, -0.1) is 11.8 Å². The Morgan fingerprint density at radius 3 is 2.62 bits per heavy atom. The van der Waals surface area contributed by atoms with E-state index in [0.29, 0.717) is 24.9 Å². The van der Waals surface area contributed by atoms with Crippen molar-refractivity contribution in [2.45, 2.75) is 4.90 Å². The van der Waals surface area contributed by atoms with Crippen LogP contribution in [0.25, 0.3) is 0 Å². The smallest absolute Gasteiger partial charge is 0.282 e. The number of hydrogen-bond donors (Lipinski definition) is 1. The number of nitrogens with one attached hydrogen (secondary N) is 1. The van der Waals surface area contributed by atoms with Crippen molar-refractivity contribution in [2.24, 2.45) is 11.8 Å². The largest absolute Gasteiger partial charge is 0.338 e. The van der Waals surface area contributed by atoms with E-state index in [1.54, 1.807) is 17.0 Å². The van der Waals surface area contributed by atoms with Crippen LogP contribution in [0, 0.1) is 22.0 Å². The summed E-state index contributed by atoms with van der Waals surface area (Å²) >= 11 is 1.48. The monoisotopic (exact) mass is 307 g/mol. The third kappa shape index (κ3) is 2.63.